The largest absolute Gasteiger partial charge is 0.516 e. The van der Waals surface area contributed by atoms with Crippen molar-refractivity contribution < 1.29 is 35.2 Å². The van der Waals surface area contributed by atoms with Crippen LogP contribution in [0.25, 0.3) is 5.65 Å². The normalized spacial score (nSPS) is 14.6. The number of aryl methyl sites for hydroxylation is 1. The SMILES string of the molecule is Cc1cc(F)c2ncc(C(=O)NCc3ccc(N4CCN(S(=O)(=O)C(F)(F)F)C=N4)c(F)c3)n2c1. The van der Waals surface area contributed by atoms with Crippen molar-refractivity contribution in [1.82, 2.24) is 19.0 Å². The molecule has 1 aromatic carbocycles. The second-order valence-electron chi connectivity index (χ2n) is 7.59. The summed E-state index contributed by atoms with van der Waals surface area (Å²) in [6.45, 7) is 0.678. The van der Waals surface area contributed by atoms with E-state index in [4.69, 9.17) is 0 Å². The van der Waals surface area contributed by atoms with Gasteiger partial charge in [-0.25, -0.2) is 18.1 Å². The van der Waals surface area contributed by atoms with E-state index in [1.54, 1.807) is 13.1 Å². The Kier molecular flexibility index (Phi) is 6.12. The smallest absolute Gasteiger partial charge is 0.347 e. The molecule has 1 N–H and O–H groups in total. The molecule has 4 rings (SSSR count). The topological polar surface area (TPSA) is 99.4 Å². The zero-order valence-electron chi connectivity index (χ0n) is 17.9. The molecule has 9 nitrogen and oxygen atoms in total. The number of imidazole rings is 1. The lowest BCUT2D eigenvalue weighted by molar-refractivity contribution is -0.0471. The number of fused-ring (bicyclic) bond motifs is 1. The zero-order valence-corrected chi connectivity index (χ0v) is 18.7. The molecule has 2 aromatic heterocycles. The number of alkyl halides is 3. The summed E-state index contributed by atoms with van der Waals surface area (Å²) >= 11 is 0. The molecule has 0 saturated carbocycles. The van der Waals surface area contributed by atoms with Crippen molar-refractivity contribution in [1.29, 1.82) is 0 Å². The Balaban J connectivity index is 1.44. The van der Waals surface area contributed by atoms with Crippen LogP contribution in [-0.2, 0) is 16.6 Å². The standard InChI is InChI=1S/C20H17F5N6O3S/c1-12-6-15(22)18-26-9-17(30(18)10-12)19(32)27-8-13-2-3-16(14(21)7-13)31-5-4-29(11-28-31)35(33,34)20(23,24)25/h2-3,6-7,9-11H,4-5,8H2,1H3,(H,27,32). The number of hydrogen-bond acceptors (Lipinski definition) is 6. The quantitative estimate of drug-likeness (QED) is 0.526. The van der Waals surface area contributed by atoms with Gasteiger partial charge in [0.25, 0.3) is 5.91 Å². The Morgan fingerprint density at radius 3 is 2.51 bits per heavy atom. The maximum atomic E-state index is 14.7. The van der Waals surface area contributed by atoms with Crippen molar-refractivity contribution in [3.05, 3.63) is 65.1 Å². The lowest BCUT2D eigenvalue weighted by atomic mass is 10.2. The number of nitrogens with zero attached hydrogens (tertiary/aromatic N) is 5. The lowest BCUT2D eigenvalue weighted by Gasteiger charge is -2.29. The van der Waals surface area contributed by atoms with Crippen molar-refractivity contribution in [2.45, 2.75) is 19.0 Å². The van der Waals surface area contributed by atoms with Gasteiger partial charge in [-0.3, -0.25) is 14.2 Å². The van der Waals surface area contributed by atoms with Gasteiger partial charge >= 0.3 is 15.5 Å². The van der Waals surface area contributed by atoms with Crippen LogP contribution in [0.4, 0.5) is 27.6 Å². The minimum Gasteiger partial charge on any atom is -0.347 e. The molecule has 0 aliphatic carbocycles. The van der Waals surface area contributed by atoms with Gasteiger partial charge in [-0.1, -0.05) is 6.07 Å². The number of benzene rings is 1. The fraction of sp³-hybridized carbons (Fsp3) is 0.250. The molecule has 1 aliphatic heterocycles. The molecule has 15 heteroatoms. The first-order chi connectivity index (χ1) is 16.4. The number of sulfonamides is 1. The van der Waals surface area contributed by atoms with Gasteiger partial charge in [0.1, 0.15) is 17.8 Å². The Morgan fingerprint density at radius 2 is 1.89 bits per heavy atom. The number of hydrazone groups is 1. The molecule has 0 atom stereocenters. The van der Waals surface area contributed by atoms with Crippen molar-refractivity contribution in [3.63, 3.8) is 0 Å². The van der Waals surface area contributed by atoms with E-state index in [1.807, 2.05) is 0 Å². The van der Waals surface area contributed by atoms with Crippen LogP contribution in [0.3, 0.4) is 0 Å². The van der Waals surface area contributed by atoms with Crippen LogP contribution in [-0.4, -0.2) is 53.0 Å². The average Bonchev–Trinajstić information content (AvgIpc) is 3.21. The van der Waals surface area contributed by atoms with Gasteiger partial charge in [0.15, 0.2) is 11.5 Å². The summed E-state index contributed by atoms with van der Waals surface area (Å²) in [6.07, 6.45) is 3.24. The number of anilines is 1. The molecule has 0 saturated heterocycles. The predicted octanol–water partition coefficient (Wildman–Crippen LogP) is 2.77. The number of hydrogen-bond donors (Lipinski definition) is 1. The van der Waals surface area contributed by atoms with Gasteiger partial charge in [0.05, 0.1) is 25.0 Å². The van der Waals surface area contributed by atoms with Crippen molar-refractivity contribution in [2.75, 3.05) is 18.1 Å². The first-order valence-corrected chi connectivity index (χ1v) is 11.4. The zero-order chi connectivity index (χ0) is 25.5. The van der Waals surface area contributed by atoms with Gasteiger partial charge in [-0.2, -0.15) is 26.7 Å². The Bertz CT molecular complexity index is 1440. The predicted molar refractivity (Wildman–Crippen MR) is 115 cm³/mol. The third-order valence-corrected chi connectivity index (χ3v) is 6.61. The molecule has 0 radical (unpaired) electrons. The molecular formula is C20H17F5N6O3S. The molecule has 186 valence electrons. The molecule has 1 amide bonds. The minimum atomic E-state index is -5.58. The molecule has 0 fully saturated rings. The summed E-state index contributed by atoms with van der Waals surface area (Å²) in [5.74, 6) is -1.94. The number of aromatic nitrogens is 2. The highest BCUT2D eigenvalue weighted by Crippen LogP contribution is 2.28. The number of pyridine rings is 1. The number of carbonyl (C=O) groups is 1. The summed E-state index contributed by atoms with van der Waals surface area (Å²) in [5, 5.41) is 7.21. The maximum absolute atomic E-state index is 14.7. The summed E-state index contributed by atoms with van der Waals surface area (Å²) in [5.41, 5.74) is -4.56. The second-order valence-corrected chi connectivity index (χ2v) is 9.47. The highest BCUT2D eigenvalue weighted by molar-refractivity contribution is 7.90. The third-order valence-electron chi connectivity index (χ3n) is 5.13. The average molecular weight is 516 g/mol. The van der Waals surface area contributed by atoms with Crippen molar-refractivity contribution in [3.8, 4) is 0 Å². The van der Waals surface area contributed by atoms with Gasteiger partial charge in [0, 0.05) is 12.7 Å². The molecule has 0 bridgehead atoms. The van der Waals surface area contributed by atoms with E-state index >= 15 is 0 Å². The summed E-state index contributed by atoms with van der Waals surface area (Å²) in [7, 11) is -5.58. The van der Waals surface area contributed by atoms with E-state index in [-0.39, 0.29) is 34.4 Å². The monoisotopic (exact) mass is 516 g/mol. The molecular weight excluding hydrogens is 499 g/mol. The van der Waals surface area contributed by atoms with Gasteiger partial charge in [0.2, 0.25) is 0 Å². The molecule has 35 heavy (non-hydrogen) atoms. The Hall–Kier alpha value is -3.75. The van der Waals surface area contributed by atoms with E-state index in [0.29, 0.717) is 17.5 Å². The lowest BCUT2D eigenvalue weighted by Crippen LogP contribution is -2.46. The van der Waals surface area contributed by atoms with Gasteiger partial charge < -0.3 is 5.32 Å². The number of halogens is 5. The second kappa shape index (κ2) is 8.79. The Morgan fingerprint density at radius 1 is 1.14 bits per heavy atom. The molecule has 3 aromatic rings. The van der Waals surface area contributed by atoms with E-state index in [2.05, 4.69) is 15.4 Å². The highest BCUT2D eigenvalue weighted by atomic mass is 32.2. The number of nitrogens with one attached hydrogen (secondary N) is 1. The first-order valence-electron chi connectivity index (χ1n) is 9.98. The van der Waals surface area contributed by atoms with E-state index in [0.717, 1.165) is 11.1 Å². The van der Waals surface area contributed by atoms with E-state index in [9.17, 15) is 35.2 Å². The maximum Gasteiger partial charge on any atom is 0.516 e. The summed E-state index contributed by atoms with van der Waals surface area (Å²) in [6, 6.07) is 5.15. The van der Waals surface area contributed by atoms with E-state index in [1.165, 1.54) is 28.8 Å². The summed E-state index contributed by atoms with van der Waals surface area (Å²) in [4.78, 5) is 16.4. The van der Waals surface area contributed by atoms with Crippen LogP contribution in [0.1, 0.15) is 21.6 Å². The van der Waals surface area contributed by atoms with Gasteiger partial charge in [-0.05, 0) is 36.2 Å². The number of rotatable bonds is 5. The Labute approximate surface area is 195 Å². The fourth-order valence-electron chi connectivity index (χ4n) is 3.41. The van der Waals surface area contributed by atoms with Crippen LogP contribution in [0, 0.1) is 18.6 Å². The first kappa shape index (κ1) is 24.4. The number of carbonyl (C=O) groups excluding carboxylic acids is 1. The number of amides is 1. The third kappa shape index (κ3) is 4.62. The van der Waals surface area contributed by atoms with Crippen LogP contribution in [0.5, 0.6) is 0 Å². The molecule has 0 spiro atoms. The highest BCUT2D eigenvalue weighted by Gasteiger charge is 2.50. The van der Waals surface area contributed by atoms with Crippen molar-refractivity contribution >= 4 is 33.6 Å². The minimum absolute atomic E-state index is 0.0140. The van der Waals surface area contributed by atoms with Gasteiger partial charge in [-0.15, -0.1) is 0 Å². The summed E-state index contributed by atoms with van der Waals surface area (Å²) < 4.78 is 90.9. The molecule has 0 unspecified atom stereocenters. The van der Waals surface area contributed by atoms with Crippen LogP contribution >= 0.6 is 0 Å². The fourth-order valence-corrected chi connectivity index (χ4v) is 4.16. The van der Waals surface area contributed by atoms with Crippen LogP contribution in [0.15, 0.2) is 41.8 Å². The van der Waals surface area contributed by atoms with Crippen LogP contribution < -0.4 is 10.3 Å². The van der Waals surface area contributed by atoms with E-state index < -0.39 is 39.6 Å². The van der Waals surface area contributed by atoms with Crippen molar-refractivity contribution in [2.24, 2.45) is 5.10 Å². The van der Waals surface area contributed by atoms with Crippen LogP contribution in [0.2, 0.25) is 0 Å². The molecule has 3 heterocycles. The molecule has 1 aliphatic rings.